The molecule has 3 aromatic carbocycles. The standard InChI is InChI=1S/C22H22N2O3S/c1-24(14-21(25)23-18-8-5-9-19(13-18)27-2)22(26)15-28-20-11-10-16-6-3-4-7-17(16)12-20/h3-13H,14-15H2,1-2H3,(H,23,25). The van der Waals surface area contributed by atoms with Crippen molar-refractivity contribution in [3.63, 3.8) is 0 Å². The zero-order valence-corrected chi connectivity index (χ0v) is 16.7. The van der Waals surface area contributed by atoms with Gasteiger partial charge in [0.1, 0.15) is 5.75 Å². The first-order valence-corrected chi connectivity index (χ1v) is 9.83. The highest BCUT2D eigenvalue weighted by molar-refractivity contribution is 8.00. The summed E-state index contributed by atoms with van der Waals surface area (Å²) < 4.78 is 5.14. The van der Waals surface area contributed by atoms with Gasteiger partial charge in [0.2, 0.25) is 11.8 Å². The van der Waals surface area contributed by atoms with E-state index < -0.39 is 0 Å². The molecule has 0 aliphatic carbocycles. The minimum atomic E-state index is -0.250. The van der Waals surface area contributed by atoms with Crippen LogP contribution < -0.4 is 10.1 Å². The molecule has 2 amide bonds. The number of benzene rings is 3. The van der Waals surface area contributed by atoms with E-state index in [0.29, 0.717) is 11.4 Å². The summed E-state index contributed by atoms with van der Waals surface area (Å²) >= 11 is 1.47. The summed E-state index contributed by atoms with van der Waals surface area (Å²) in [5, 5.41) is 5.09. The van der Waals surface area contributed by atoms with Crippen LogP contribution in [-0.2, 0) is 9.59 Å². The van der Waals surface area contributed by atoms with Crippen LogP contribution in [0.2, 0.25) is 0 Å². The molecule has 28 heavy (non-hydrogen) atoms. The molecule has 5 nitrogen and oxygen atoms in total. The second-order valence-corrected chi connectivity index (χ2v) is 7.38. The minimum absolute atomic E-state index is 0.00563. The lowest BCUT2D eigenvalue weighted by atomic mass is 10.1. The second-order valence-electron chi connectivity index (χ2n) is 6.33. The Morgan fingerprint density at radius 2 is 1.79 bits per heavy atom. The van der Waals surface area contributed by atoms with Gasteiger partial charge in [0.25, 0.3) is 0 Å². The number of fused-ring (bicyclic) bond motifs is 1. The van der Waals surface area contributed by atoms with E-state index in [1.165, 1.54) is 22.0 Å². The van der Waals surface area contributed by atoms with E-state index in [2.05, 4.69) is 23.5 Å². The molecule has 0 aliphatic rings. The van der Waals surface area contributed by atoms with Gasteiger partial charge in [0, 0.05) is 23.7 Å². The van der Waals surface area contributed by atoms with Crippen LogP contribution in [-0.4, -0.2) is 43.2 Å². The predicted octanol–water partition coefficient (Wildman–Crippen LogP) is 4.04. The molecule has 0 saturated carbocycles. The first-order valence-electron chi connectivity index (χ1n) is 8.84. The number of carbonyl (C=O) groups is 2. The maximum absolute atomic E-state index is 12.4. The molecule has 1 N–H and O–H groups in total. The van der Waals surface area contributed by atoms with Gasteiger partial charge in [-0.15, -0.1) is 11.8 Å². The summed E-state index contributed by atoms with van der Waals surface area (Å²) in [5.41, 5.74) is 0.635. The topological polar surface area (TPSA) is 58.6 Å². The molecule has 0 bridgehead atoms. The van der Waals surface area contributed by atoms with Crippen LogP contribution in [0.3, 0.4) is 0 Å². The summed E-state index contributed by atoms with van der Waals surface area (Å²) in [7, 11) is 3.20. The molecule has 0 unspecified atom stereocenters. The van der Waals surface area contributed by atoms with Crippen LogP contribution in [0.5, 0.6) is 5.75 Å². The molecule has 0 spiro atoms. The highest BCUT2D eigenvalue weighted by Crippen LogP contribution is 2.23. The number of rotatable bonds is 7. The van der Waals surface area contributed by atoms with Crippen molar-refractivity contribution < 1.29 is 14.3 Å². The van der Waals surface area contributed by atoms with Crippen molar-refractivity contribution in [2.45, 2.75) is 4.90 Å². The Labute approximate surface area is 168 Å². The fourth-order valence-corrected chi connectivity index (χ4v) is 3.60. The molecule has 3 aromatic rings. The number of hydrogen-bond acceptors (Lipinski definition) is 4. The highest BCUT2D eigenvalue weighted by Gasteiger charge is 2.14. The molecular weight excluding hydrogens is 372 g/mol. The Kier molecular flexibility index (Phi) is 6.55. The monoisotopic (exact) mass is 394 g/mol. The van der Waals surface area contributed by atoms with Gasteiger partial charge in [-0.1, -0.05) is 36.4 Å². The quantitative estimate of drug-likeness (QED) is 0.615. The van der Waals surface area contributed by atoms with Crippen LogP contribution in [0.4, 0.5) is 5.69 Å². The third kappa shape index (κ3) is 5.27. The smallest absolute Gasteiger partial charge is 0.243 e. The van der Waals surface area contributed by atoms with Gasteiger partial charge in [0.15, 0.2) is 0 Å². The van der Waals surface area contributed by atoms with Gasteiger partial charge >= 0.3 is 0 Å². The summed E-state index contributed by atoms with van der Waals surface area (Å²) in [6, 6.07) is 21.3. The maximum atomic E-state index is 12.4. The third-order valence-corrected chi connectivity index (χ3v) is 5.22. The lowest BCUT2D eigenvalue weighted by Crippen LogP contribution is -2.35. The van der Waals surface area contributed by atoms with Crippen molar-refractivity contribution in [3.8, 4) is 5.75 Å². The first-order chi connectivity index (χ1) is 13.5. The van der Waals surface area contributed by atoms with Gasteiger partial charge in [-0.2, -0.15) is 0 Å². The number of anilines is 1. The number of likely N-dealkylation sites (N-methyl/N-ethyl adjacent to an activating group) is 1. The Bertz CT molecular complexity index is 990. The predicted molar refractivity (Wildman–Crippen MR) is 114 cm³/mol. The van der Waals surface area contributed by atoms with Crippen molar-refractivity contribution in [2.24, 2.45) is 0 Å². The van der Waals surface area contributed by atoms with Crippen molar-refractivity contribution in [1.29, 1.82) is 0 Å². The summed E-state index contributed by atoms with van der Waals surface area (Å²) in [6.45, 7) is -0.00563. The maximum Gasteiger partial charge on any atom is 0.243 e. The van der Waals surface area contributed by atoms with E-state index in [0.717, 1.165) is 10.3 Å². The summed E-state index contributed by atoms with van der Waals surface area (Å²) in [4.78, 5) is 27.0. The normalized spacial score (nSPS) is 10.5. The first kappa shape index (κ1) is 19.8. The molecule has 0 atom stereocenters. The number of hydrogen-bond donors (Lipinski definition) is 1. The van der Waals surface area contributed by atoms with Crippen molar-refractivity contribution >= 4 is 40.0 Å². The van der Waals surface area contributed by atoms with Crippen LogP contribution in [0.25, 0.3) is 10.8 Å². The molecule has 0 heterocycles. The van der Waals surface area contributed by atoms with Gasteiger partial charge in [-0.05, 0) is 35.0 Å². The van der Waals surface area contributed by atoms with Crippen LogP contribution in [0, 0.1) is 0 Å². The third-order valence-electron chi connectivity index (χ3n) is 4.24. The van der Waals surface area contributed by atoms with Crippen LogP contribution >= 0.6 is 11.8 Å². The molecular formula is C22H22N2O3S. The zero-order valence-electron chi connectivity index (χ0n) is 15.8. The minimum Gasteiger partial charge on any atom is -0.497 e. The highest BCUT2D eigenvalue weighted by atomic mass is 32.2. The molecule has 0 radical (unpaired) electrons. The van der Waals surface area contributed by atoms with E-state index in [4.69, 9.17) is 4.74 Å². The second kappa shape index (κ2) is 9.28. The van der Waals surface area contributed by atoms with E-state index in [9.17, 15) is 9.59 Å². The Morgan fingerprint density at radius 3 is 2.57 bits per heavy atom. The number of thioether (sulfide) groups is 1. The lowest BCUT2D eigenvalue weighted by Gasteiger charge is -2.17. The van der Waals surface area contributed by atoms with Crippen molar-refractivity contribution in [1.82, 2.24) is 4.90 Å². The molecule has 0 aliphatic heterocycles. The molecule has 3 rings (SSSR count). The molecule has 6 heteroatoms. The number of amides is 2. The Hall–Kier alpha value is -2.99. The molecule has 0 aromatic heterocycles. The van der Waals surface area contributed by atoms with E-state index in [-0.39, 0.29) is 24.1 Å². The number of ether oxygens (including phenoxy) is 1. The van der Waals surface area contributed by atoms with Gasteiger partial charge < -0.3 is 15.0 Å². The number of carbonyl (C=O) groups excluding carboxylic acids is 2. The lowest BCUT2D eigenvalue weighted by molar-refractivity contribution is -0.131. The molecule has 144 valence electrons. The Morgan fingerprint density at radius 1 is 1.00 bits per heavy atom. The molecule has 0 saturated heterocycles. The summed E-state index contributed by atoms with van der Waals surface area (Å²) in [5.74, 6) is 0.592. The van der Waals surface area contributed by atoms with Gasteiger partial charge in [-0.3, -0.25) is 9.59 Å². The van der Waals surface area contributed by atoms with Crippen LogP contribution in [0.15, 0.2) is 71.6 Å². The van der Waals surface area contributed by atoms with E-state index >= 15 is 0 Å². The number of nitrogens with zero attached hydrogens (tertiary/aromatic N) is 1. The fraction of sp³-hybridized carbons (Fsp3) is 0.182. The largest absolute Gasteiger partial charge is 0.497 e. The van der Waals surface area contributed by atoms with Crippen molar-refractivity contribution in [2.75, 3.05) is 31.8 Å². The zero-order chi connectivity index (χ0) is 19.9. The molecule has 0 fully saturated rings. The Balaban J connectivity index is 1.51. The van der Waals surface area contributed by atoms with Crippen molar-refractivity contribution in [3.05, 3.63) is 66.7 Å². The SMILES string of the molecule is COc1cccc(NC(=O)CN(C)C(=O)CSc2ccc3ccccc3c2)c1. The van der Waals surface area contributed by atoms with E-state index in [1.807, 2.05) is 24.3 Å². The van der Waals surface area contributed by atoms with Gasteiger partial charge in [0.05, 0.1) is 19.4 Å². The fourth-order valence-electron chi connectivity index (χ4n) is 2.72. The average Bonchev–Trinajstić information content (AvgIpc) is 2.71. The van der Waals surface area contributed by atoms with Gasteiger partial charge in [-0.25, -0.2) is 0 Å². The van der Waals surface area contributed by atoms with Crippen LogP contribution in [0.1, 0.15) is 0 Å². The average molecular weight is 394 g/mol. The van der Waals surface area contributed by atoms with E-state index in [1.54, 1.807) is 38.4 Å². The summed E-state index contributed by atoms with van der Waals surface area (Å²) in [6.07, 6.45) is 0. The number of nitrogens with one attached hydrogen (secondary N) is 1. The number of methoxy groups -OCH3 is 1.